The Kier molecular flexibility index (Phi) is 9.11. The first-order valence-electron chi connectivity index (χ1n) is 20.5. The highest BCUT2D eigenvalue weighted by atomic mass is 32.1. The lowest BCUT2D eigenvalue weighted by Gasteiger charge is -2.27. The van der Waals surface area contributed by atoms with Gasteiger partial charge in [0.15, 0.2) is 0 Å². The number of fused-ring (bicyclic) bond motifs is 4. The minimum Gasteiger partial charge on any atom is -0.309 e. The maximum absolute atomic E-state index is 2.43. The summed E-state index contributed by atoms with van der Waals surface area (Å²) in [5.41, 5.74) is 15.5. The third-order valence-corrected chi connectivity index (χ3v) is 12.9. The van der Waals surface area contributed by atoms with Gasteiger partial charge in [0.2, 0.25) is 0 Å². The normalized spacial score (nSPS) is 11.3. The number of thiophene rings is 1. The first-order chi connectivity index (χ1) is 29.8. The summed E-state index contributed by atoms with van der Waals surface area (Å²) in [6.45, 7) is 0. The molecule has 0 aliphatic carbocycles. The van der Waals surface area contributed by atoms with Crippen LogP contribution in [0, 0.1) is 0 Å². The van der Waals surface area contributed by atoms with Crippen molar-refractivity contribution in [2.45, 2.75) is 0 Å². The molecule has 60 heavy (non-hydrogen) atoms. The molecule has 11 rings (SSSR count). The van der Waals surface area contributed by atoms with Gasteiger partial charge in [0, 0.05) is 26.8 Å². The Balaban J connectivity index is 1.04. The van der Waals surface area contributed by atoms with E-state index in [1.54, 1.807) is 0 Å². The highest BCUT2D eigenvalue weighted by Gasteiger charge is 2.20. The van der Waals surface area contributed by atoms with Crippen LogP contribution in [-0.4, -0.2) is 0 Å². The molecule has 1 heterocycles. The number of anilines is 3. The van der Waals surface area contributed by atoms with Gasteiger partial charge in [0.05, 0.1) is 10.4 Å². The summed E-state index contributed by atoms with van der Waals surface area (Å²) in [6, 6.07) is 86.0. The number of hydrogen-bond acceptors (Lipinski definition) is 2. The van der Waals surface area contributed by atoms with Crippen LogP contribution in [0.2, 0.25) is 0 Å². The Labute approximate surface area is 354 Å². The standard InChI is InChI=1S/C58H39NS/c1-3-16-40(17-4-1)47-21-9-11-24-51(47)52-25-12-10-22-48(52)42-30-35-45(36-31-42)59(55-28-15-27-54-53-26-13-14-29-56(53)60-58(54)55)46-37-32-43(33-38-46)50-39-34-41-18-7-8-23-49(41)57(50)44-19-5-2-6-20-44/h1-39H. The van der Waals surface area contributed by atoms with Crippen LogP contribution in [0.5, 0.6) is 0 Å². The van der Waals surface area contributed by atoms with Crippen LogP contribution >= 0.6 is 11.3 Å². The molecule has 0 fully saturated rings. The van der Waals surface area contributed by atoms with Crippen LogP contribution in [0.4, 0.5) is 17.1 Å². The molecule has 10 aromatic carbocycles. The second-order valence-corrected chi connectivity index (χ2v) is 16.3. The van der Waals surface area contributed by atoms with Gasteiger partial charge in [-0.05, 0) is 103 Å². The van der Waals surface area contributed by atoms with Gasteiger partial charge in [-0.25, -0.2) is 0 Å². The van der Waals surface area contributed by atoms with Crippen LogP contribution in [-0.2, 0) is 0 Å². The predicted molar refractivity (Wildman–Crippen MR) is 259 cm³/mol. The quantitative estimate of drug-likeness (QED) is 0.148. The molecule has 0 aliphatic rings. The van der Waals surface area contributed by atoms with Crippen molar-refractivity contribution in [3.05, 3.63) is 237 Å². The minimum atomic E-state index is 1.11. The number of hydrogen-bond donors (Lipinski definition) is 0. The Morgan fingerprint density at radius 2 is 0.767 bits per heavy atom. The molecule has 0 N–H and O–H groups in total. The molecule has 0 spiro atoms. The summed E-state index contributed by atoms with van der Waals surface area (Å²) in [6.07, 6.45) is 0. The zero-order chi connectivity index (χ0) is 39.8. The van der Waals surface area contributed by atoms with E-state index in [2.05, 4.69) is 241 Å². The molecule has 2 heteroatoms. The average Bonchev–Trinajstić information content (AvgIpc) is 3.72. The Morgan fingerprint density at radius 3 is 1.42 bits per heavy atom. The fourth-order valence-corrected chi connectivity index (χ4v) is 10.1. The van der Waals surface area contributed by atoms with Crippen LogP contribution in [0.1, 0.15) is 0 Å². The molecule has 0 atom stereocenters. The largest absolute Gasteiger partial charge is 0.309 e. The number of benzene rings is 10. The van der Waals surface area contributed by atoms with Crippen molar-refractivity contribution in [1.82, 2.24) is 0 Å². The van der Waals surface area contributed by atoms with Crippen LogP contribution in [0.3, 0.4) is 0 Å². The molecular weight excluding hydrogens is 743 g/mol. The van der Waals surface area contributed by atoms with Crippen molar-refractivity contribution >= 4 is 59.3 Å². The smallest absolute Gasteiger partial charge is 0.0640 e. The summed E-state index contributed by atoms with van der Waals surface area (Å²) in [5, 5.41) is 5.07. The molecule has 1 nitrogen and oxygen atoms in total. The Morgan fingerprint density at radius 1 is 0.283 bits per heavy atom. The summed E-state index contributed by atoms with van der Waals surface area (Å²) in [4.78, 5) is 2.43. The SMILES string of the molecule is c1ccc(-c2ccccc2-c2ccccc2-c2ccc(N(c3ccc(-c4ccc5ccccc5c4-c4ccccc4)cc3)c3cccc4c3sc3ccccc34)cc2)cc1. The van der Waals surface area contributed by atoms with E-state index in [0.29, 0.717) is 0 Å². The third-order valence-electron chi connectivity index (χ3n) is 11.7. The van der Waals surface area contributed by atoms with E-state index < -0.39 is 0 Å². The van der Waals surface area contributed by atoms with Crippen LogP contribution in [0.25, 0.3) is 86.6 Å². The summed E-state index contributed by atoms with van der Waals surface area (Å²) >= 11 is 1.86. The van der Waals surface area contributed by atoms with Crippen molar-refractivity contribution in [2.75, 3.05) is 4.90 Å². The van der Waals surface area contributed by atoms with Gasteiger partial charge in [-0.1, -0.05) is 200 Å². The molecule has 282 valence electrons. The van der Waals surface area contributed by atoms with Gasteiger partial charge < -0.3 is 4.90 Å². The van der Waals surface area contributed by atoms with E-state index >= 15 is 0 Å². The molecule has 0 amide bonds. The fourth-order valence-electron chi connectivity index (χ4n) is 8.90. The first kappa shape index (κ1) is 35.6. The first-order valence-corrected chi connectivity index (χ1v) is 21.3. The molecule has 0 saturated carbocycles. The maximum atomic E-state index is 2.43. The molecule has 0 aliphatic heterocycles. The minimum absolute atomic E-state index is 1.11. The van der Waals surface area contributed by atoms with Crippen molar-refractivity contribution in [3.8, 4) is 55.6 Å². The van der Waals surface area contributed by atoms with Gasteiger partial charge in [-0.3, -0.25) is 0 Å². The van der Waals surface area contributed by atoms with E-state index in [1.165, 1.54) is 92.3 Å². The molecule has 0 unspecified atom stereocenters. The number of rotatable bonds is 8. The molecule has 1 aromatic heterocycles. The van der Waals surface area contributed by atoms with Crippen molar-refractivity contribution in [3.63, 3.8) is 0 Å². The zero-order valence-corrected chi connectivity index (χ0v) is 33.7. The van der Waals surface area contributed by atoms with Crippen LogP contribution < -0.4 is 4.90 Å². The Bertz CT molecular complexity index is 3290. The van der Waals surface area contributed by atoms with Crippen molar-refractivity contribution in [2.24, 2.45) is 0 Å². The lowest BCUT2D eigenvalue weighted by atomic mass is 9.89. The number of nitrogens with zero attached hydrogens (tertiary/aromatic N) is 1. The Hall–Kier alpha value is -7.52. The molecular formula is C58H39NS. The van der Waals surface area contributed by atoms with E-state index in [4.69, 9.17) is 0 Å². The second-order valence-electron chi connectivity index (χ2n) is 15.2. The molecule has 0 saturated heterocycles. The van der Waals surface area contributed by atoms with Crippen molar-refractivity contribution in [1.29, 1.82) is 0 Å². The van der Waals surface area contributed by atoms with Gasteiger partial charge in [-0.2, -0.15) is 0 Å². The highest BCUT2D eigenvalue weighted by Crippen LogP contribution is 2.46. The summed E-state index contributed by atoms with van der Waals surface area (Å²) in [7, 11) is 0. The topological polar surface area (TPSA) is 3.24 Å². The summed E-state index contributed by atoms with van der Waals surface area (Å²) in [5.74, 6) is 0. The van der Waals surface area contributed by atoms with Gasteiger partial charge in [-0.15, -0.1) is 11.3 Å². The van der Waals surface area contributed by atoms with Gasteiger partial charge in [0.1, 0.15) is 0 Å². The monoisotopic (exact) mass is 781 g/mol. The molecule has 0 bridgehead atoms. The van der Waals surface area contributed by atoms with Gasteiger partial charge in [0.25, 0.3) is 0 Å². The van der Waals surface area contributed by atoms with E-state index in [1.807, 2.05) is 11.3 Å². The maximum Gasteiger partial charge on any atom is 0.0640 e. The lowest BCUT2D eigenvalue weighted by Crippen LogP contribution is -2.10. The van der Waals surface area contributed by atoms with E-state index in [0.717, 1.165) is 11.4 Å². The molecule has 11 aromatic rings. The zero-order valence-electron chi connectivity index (χ0n) is 32.9. The average molecular weight is 782 g/mol. The van der Waals surface area contributed by atoms with Gasteiger partial charge >= 0.3 is 0 Å². The lowest BCUT2D eigenvalue weighted by molar-refractivity contribution is 1.30. The second kappa shape index (κ2) is 15.3. The fraction of sp³-hybridized carbons (Fsp3) is 0. The van der Waals surface area contributed by atoms with Crippen LogP contribution in [0.15, 0.2) is 237 Å². The van der Waals surface area contributed by atoms with E-state index in [9.17, 15) is 0 Å². The summed E-state index contributed by atoms with van der Waals surface area (Å²) < 4.78 is 2.57. The predicted octanol–water partition coefficient (Wildman–Crippen LogP) is 17.0. The highest BCUT2D eigenvalue weighted by molar-refractivity contribution is 7.26. The molecule has 0 radical (unpaired) electrons. The van der Waals surface area contributed by atoms with E-state index in [-0.39, 0.29) is 0 Å². The third kappa shape index (κ3) is 6.35. The van der Waals surface area contributed by atoms with Crippen molar-refractivity contribution < 1.29 is 0 Å².